The molecule has 0 aromatic heterocycles. The minimum absolute atomic E-state index is 0.143. The molecule has 2 atom stereocenters. The van der Waals surface area contributed by atoms with Gasteiger partial charge in [-0.15, -0.1) is 11.8 Å². The zero-order valence-corrected chi connectivity index (χ0v) is 14.4. The average molecular weight is 387 g/mol. The van der Waals surface area contributed by atoms with Gasteiger partial charge in [0.2, 0.25) is 11.7 Å². The fraction of sp³-hybridized carbons (Fsp3) is 0.278. The van der Waals surface area contributed by atoms with E-state index in [1.165, 1.54) is 23.6 Å². The van der Waals surface area contributed by atoms with E-state index in [2.05, 4.69) is 0 Å². The molecule has 1 aliphatic rings. The summed E-state index contributed by atoms with van der Waals surface area (Å²) in [5.41, 5.74) is -0.990. The molecule has 2 aromatic rings. The summed E-state index contributed by atoms with van der Waals surface area (Å²) < 4.78 is 68.6. The molecule has 8 heteroatoms. The van der Waals surface area contributed by atoms with Crippen LogP contribution in [0.1, 0.15) is 31.4 Å². The Morgan fingerprint density at radius 2 is 1.50 bits per heavy atom. The summed E-state index contributed by atoms with van der Waals surface area (Å²) in [6, 6.07) is 7.76. The number of halogens is 5. The third-order valence-electron chi connectivity index (χ3n) is 4.30. The van der Waals surface area contributed by atoms with E-state index in [0.717, 1.165) is 4.90 Å². The highest BCUT2D eigenvalue weighted by Gasteiger charge is 2.39. The van der Waals surface area contributed by atoms with Gasteiger partial charge in [-0.05, 0) is 25.5 Å². The lowest BCUT2D eigenvalue weighted by atomic mass is 10.0. The van der Waals surface area contributed by atoms with Crippen molar-refractivity contribution in [3.05, 3.63) is 65.0 Å². The Labute approximate surface area is 151 Å². The highest BCUT2D eigenvalue weighted by molar-refractivity contribution is 8.00. The Kier molecular flexibility index (Phi) is 5.22. The molecule has 2 nitrogen and oxygen atoms in total. The number of likely N-dealkylation sites (tertiary alicyclic amines) is 1. The summed E-state index contributed by atoms with van der Waals surface area (Å²) in [5.74, 6) is -10.4. The van der Waals surface area contributed by atoms with Gasteiger partial charge in [0, 0.05) is 11.3 Å². The maximum absolute atomic E-state index is 14.1. The molecule has 0 N–H and O–H groups in total. The topological polar surface area (TPSA) is 20.3 Å². The lowest BCUT2D eigenvalue weighted by molar-refractivity contribution is -0.130. The maximum atomic E-state index is 14.1. The summed E-state index contributed by atoms with van der Waals surface area (Å²) in [6.45, 7) is 1.26. The van der Waals surface area contributed by atoms with Crippen molar-refractivity contribution in [1.82, 2.24) is 4.90 Å². The number of carbonyl (C=O) groups excluding carboxylic acids is 1. The molecule has 0 saturated carbocycles. The van der Waals surface area contributed by atoms with Crippen LogP contribution in [0.25, 0.3) is 0 Å². The fourth-order valence-electron chi connectivity index (χ4n) is 3.04. The first-order chi connectivity index (χ1) is 12.3. The van der Waals surface area contributed by atoms with E-state index in [0.29, 0.717) is 6.42 Å². The van der Waals surface area contributed by atoms with Crippen molar-refractivity contribution in [2.45, 2.75) is 36.1 Å². The Morgan fingerprint density at radius 3 is 2.08 bits per heavy atom. The molecule has 1 heterocycles. The molecule has 0 aliphatic carbocycles. The van der Waals surface area contributed by atoms with Gasteiger partial charge in [-0.25, -0.2) is 22.0 Å². The van der Waals surface area contributed by atoms with Gasteiger partial charge >= 0.3 is 0 Å². The summed E-state index contributed by atoms with van der Waals surface area (Å²) in [4.78, 5) is 14.3. The molecule has 0 bridgehead atoms. The molecule has 138 valence electrons. The number of benzene rings is 2. The van der Waals surface area contributed by atoms with Crippen molar-refractivity contribution >= 4 is 17.7 Å². The normalized spacial score (nSPS) is 18.5. The minimum atomic E-state index is -2.21. The predicted molar refractivity (Wildman–Crippen MR) is 86.8 cm³/mol. The fourth-order valence-corrected chi connectivity index (χ4v) is 4.32. The Bertz CT molecular complexity index is 816. The van der Waals surface area contributed by atoms with Crippen molar-refractivity contribution in [1.29, 1.82) is 0 Å². The first-order valence-corrected chi connectivity index (χ1v) is 8.75. The first-order valence-electron chi connectivity index (χ1n) is 7.87. The number of carbonyl (C=O) groups is 1. The Balaban J connectivity index is 1.97. The maximum Gasteiger partial charge on any atom is 0.224 e. The number of amides is 1. The predicted octanol–water partition coefficient (Wildman–Crippen LogP) is 5.18. The van der Waals surface area contributed by atoms with Gasteiger partial charge < -0.3 is 4.90 Å². The van der Waals surface area contributed by atoms with Crippen molar-refractivity contribution in [3.8, 4) is 0 Å². The second kappa shape index (κ2) is 7.26. The van der Waals surface area contributed by atoms with E-state index >= 15 is 0 Å². The Morgan fingerprint density at radius 1 is 0.962 bits per heavy atom. The molecule has 2 unspecified atom stereocenters. The Hall–Kier alpha value is -2.09. The van der Waals surface area contributed by atoms with Crippen LogP contribution in [0.15, 0.2) is 35.2 Å². The highest BCUT2D eigenvalue weighted by Crippen LogP contribution is 2.40. The first kappa shape index (κ1) is 18.7. The monoisotopic (exact) mass is 387 g/mol. The summed E-state index contributed by atoms with van der Waals surface area (Å²) in [6.07, 6.45) is 0.558. The summed E-state index contributed by atoms with van der Waals surface area (Å²) in [5, 5.41) is -0.463. The number of hydrogen-bond acceptors (Lipinski definition) is 2. The van der Waals surface area contributed by atoms with Crippen molar-refractivity contribution in [2.75, 3.05) is 0 Å². The highest BCUT2D eigenvalue weighted by atomic mass is 32.2. The summed E-state index contributed by atoms with van der Waals surface area (Å²) in [7, 11) is 0. The van der Waals surface area contributed by atoms with Crippen molar-refractivity contribution in [2.24, 2.45) is 0 Å². The minimum Gasteiger partial charge on any atom is -0.323 e. The average Bonchev–Trinajstić information content (AvgIpc) is 2.99. The largest absolute Gasteiger partial charge is 0.323 e. The van der Waals surface area contributed by atoms with E-state index in [1.807, 2.05) is 18.2 Å². The number of rotatable bonds is 4. The molecule has 0 radical (unpaired) electrons. The van der Waals surface area contributed by atoms with E-state index < -0.39 is 52.0 Å². The van der Waals surface area contributed by atoms with Gasteiger partial charge in [0.15, 0.2) is 23.3 Å². The van der Waals surface area contributed by atoms with Gasteiger partial charge in [-0.1, -0.05) is 18.2 Å². The third-order valence-corrected chi connectivity index (χ3v) is 5.58. The van der Waals surface area contributed by atoms with Gasteiger partial charge in [0.25, 0.3) is 0 Å². The van der Waals surface area contributed by atoms with Gasteiger partial charge in [-0.2, -0.15) is 0 Å². The van der Waals surface area contributed by atoms with Crippen LogP contribution in [0.2, 0.25) is 0 Å². The van der Waals surface area contributed by atoms with Crippen LogP contribution in [0.3, 0.4) is 0 Å². The zero-order valence-electron chi connectivity index (χ0n) is 13.6. The van der Waals surface area contributed by atoms with Gasteiger partial charge in [-0.3, -0.25) is 4.79 Å². The van der Waals surface area contributed by atoms with E-state index in [1.54, 1.807) is 12.1 Å². The molecule has 0 spiro atoms. The van der Waals surface area contributed by atoms with Crippen LogP contribution in [0, 0.1) is 29.1 Å². The standard InChI is InChI=1S/C18H14F5NOS/c1-9(13-14(19)16(21)18(23)17(22)15(13)20)24-11(25)7-8-12(24)26-10-5-3-2-4-6-10/h2-6,9,12H,7-8H2,1H3. The molecule has 1 aliphatic heterocycles. The molecule has 2 aromatic carbocycles. The van der Waals surface area contributed by atoms with Crippen LogP contribution < -0.4 is 0 Å². The number of hydrogen-bond donors (Lipinski definition) is 0. The third kappa shape index (κ3) is 3.18. The van der Waals surface area contributed by atoms with E-state index in [4.69, 9.17) is 0 Å². The lowest BCUT2D eigenvalue weighted by Crippen LogP contribution is -2.35. The quantitative estimate of drug-likeness (QED) is 0.409. The van der Waals surface area contributed by atoms with Crippen molar-refractivity contribution < 1.29 is 26.7 Å². The van der Waals surface area contributed by atoms with Crippen LogP contribution >= 0.6 is 11.8 Å². The lowest BCUT2D eigenvalue weighted by Gasteiger charge is -2.31. The van der Waals surface area contributed by atoms with Gasteiger partial charge in [0.1, 0.15) is 0 Å². The molecular weight excluding hydrogens is 373 g/mol. The molecule has 1 fully saturated rings. The van der Waals surface area contributed by atoms with E-state index in [-0.39, 0.29) is 6.42 Å². The molecule has 3 rings (SSSR count). The molecule has 1 saturated heterocycles. The second-order valence-electron chi connectivity index (χ2n) is 5.88. The SMILES string of the molecule is CC(c1c(F)c(F)c(F)c(F)c1F)N1C(=O)CCC1Sc1ccccc1. The molecule has 26 heavy (non-hydrogen) atoms. The summed E-state index contributed by atoms with van der Waals surface area (Å²) >= 11 is 1.31. The second-order valence-corrected chi connectivity index (χ2v) is 7.14. The molecule has 1 amide bonds. The van der Waals surface area contributed by atoms with E-state index in [9.17, 15) is 26.7 Å². The zero-order chi connectivity index (χ0) is 19.0. The molecular formula is C18H14F5NOS. The van der Waals surface area contributed by atoms with Gasteiger partial charge in [0.05, 0.1) is 17.0 Å². The van der Waals surface area contributed by atoms with Crippen molar-refractivity contribution in [3.63, 3.8) is 0 Å². The van der Waals surface area contributed by atoms with Crippen LogP contribution in [-0.4, -0.2) is 16.2 Å². The van der Waals surface area contributed by atoms with Crippen LogP contribution in [0.5, 0.6) is 0 Å². The van der Waals surface area contributed by atoms with Crippen LogP contribution in [-0.2, 0) is 4.79 Å². The van der Waals surface area contributed by atoms with Crippen LogP contribution in [0.4, 0.5) is 22.0 Å². The number of nitrogens with zero attached hydrogens (tertiary/aromatic N) is 1. The number of thioether (sulfide) groups is 1. The smallest absolute Gasteiger partial charge is 0.224 e.